The van der Waals surface area contributed by atoms with Crippen LogP contribution in [-0.4, -0.2) is 4.57 Å². The predicted octanol–water partition coefficient (Wildman–Crippen LogP) is 5.03. The van der Waals surface area contributed by atoms with Crippen LogP contribution < -0.4 is 10.3 Å². The Morgan fingerprint density at radius 2 is 1.84 bits per heavy atom. The number of pyridine rings is 1. The van der Waals surface area contributed by atoms with Gasteiger partial charge in [0.05, 0.1) is 6.54 Å². The summed E-state index contributed by atoms with van der Waals surface area (Å²) in [4.78, 5) is 12.5. The minimum absolute atomic E-state index is 0.198. The molecule has 0 amide bonds. The van der Waals surface area contributed by atoms with Crippen molar-refractivity contribution in [3.63, 3.8) is 0 Å². The molecule has 0 spiro atoms. The number of nitrogens with zero attached hydrogens (tertiary/aromatic N) is 1. The molecule has 0 atom stereocenters. The summed E-state index contributed by atoms with van der Waals surface area (Å²) in [5.74, 6) is 0.144. The van der Waals surface area contributed by atoms with Crippen molar-refractivity contribution in [2.45, 2.75) is 13.2 Å². The SMILES string of the molecule is O=c1c(Br)c(OCc2ccc(F)cc2)ccn1Cc1cccc(Cl)c1. The van der Waals surface area contributed by atoms with E-state index >= 15 is 0 Å². The highest BCUT2D eigenvalue weighted by molar-refractivity contribution is 9.10. The molecular weight excluding hydrogens is 409 g/mol. The normalized spacial score (nSPS) is 10.7. The van der Waals surface area contributed by atoms with Crippen molar-refractivity contribution in [1.82, 2.24) is 4.57 Å². The molecule has 3 rings (SSSR count). The molecule has 2 aromatic carbocycles. The summed E-state index contributed by atoms with van der Waals surface area (Å²) in [6.07, 6.45) is 1.67. The van der Waals surface area contributed by atoms with Crippen LogP contribution in [-0.2, 0) is 13.2 Å². The van der Waals surface area contributed by atoms with E-state index in [1.54, 1.807) is 35.0 Å². The van der Waals surface area contributed by atoms with Crippen molar-refractivity contribution in [1.29, 1.82) is 0 Å². The summed E-state index contributed by atoms with van der Waals surface area (Å²) >= 11 is 9.28. The molecule has 0 aliphatic heterocycles. The van der Waals surface area contributed by atoms with Gasteiger partial charge in [-0.05, 0) is 57.4 Å². The molecule has 0 aliphatic rings. The van der Waals surface area contributed by atoms with Crippen molar-refractivity contribution in [2.75, 3.05) is 0 Å². The van der Waals surface area contributed by atoms with E-state index in [1.807, 2.05) is 18.2 Å². The molecule has 128 valence electrons. The Hall–Kier alpha value is -2.11. The van der Waals surface area contributed by atoms with Gasteiger partial charge in [0.25, 0.3) is 5.56 Å². The van der Waals surface area contributed by atoms with Gasteiger partial charge in [0, 0.05) is 11.2 Å². The molecule has 3 aromatic rings. The zero-order valence-corrected chi connectivity index (χ0v) is 15.4. The summed E-state index contributed by atoms with van der Waals surface area (Å²) in [5.41, 5.74) is 1.55. The number of rotatable bonds is 5. The van der Waals surface area contributed by atoms with Crippen LogP contribution in [0.25, 0.3) is 0 Å². The summed E-state index contributed by atoms with van der Waals surface area (Å²) < 4.78 is 20.5. The third kappa shape index (κ3) is 4.50. The van der Waals surface area contributed by atoms with Crippen molar-refractivity contribution in [2.24, 2.45) is 0 Å². The largest absolute Gasteiger partial charge is 0.487 e. The monoisotopic (exact) mass is 421 g/mol. The lowest BCUT2D eigenvalue weighted by Gasteiger charge is -2.11. The highest BCUT2D eigenvalue weighted by atomic mass is 79.9. The van der Waals surface area contributed by atoms with Crippen LogP contribution >= 0.6 is 27.5 Å². The van der Waals surface area contributed by atoms with Crippen LogP contribution in [0.15, 0.2) is 70.1 Å². The van der Waals surface area contributed by atoms with Crippen LogP contribution in [0.1, 0.15) is 11.1 Å². The van der Waals surface area contributed by atoms with Crippen LogP contribution in [0, 0.1) is 5.82 Å². The van der Waals surface area contributed by atoms with Crippen LogP contribution in [0.4, 0.5) is 4.39 Å². The quantitative estimate of drug-likeness (QED) is 0.577. The number of benzene rings is 2. The Labute approximate surface area is 157 Å². The van der Waals surface area contributed by atoms with Crippen LogP contribution in [0.3, 0.4) is 0 Å². The van der Waals surface area contributed by atoms with Gasteiger partial charge in [-0.3, -0.25) is 4.79 Å². The lowest BCUT2D eigenvalue weighted by Crippen LogP contribution is -2.21. The van der Waals surface area contributed by atoms with E-state index in [2.05, 4.69) is 15.9 Å². The van der Waals surface area contributed by atoms with Gasteiger partial charge in [-0.25, -0.2) is 4.39 Å². The number of hydrogen-bond donors (Lipinski definition) is 0. The second-order valence-corrected chi connectivity index (χ2v) is 6.70. The van der Waals surface area contributed by atoms with E-state index in [9.17, 15) is 9.18 Å². The van der Waals surface area contributed by atoms with Gasteiger partial charge in [0.2, 0.25) is 0 Å². The molecule has 0 fully saturated rings. The molecule has 0 N–H and O–H groups in total. The van der Waals surface area contributed by atoms with Crippen molar-refractivity contribution in [3.8, 4) is 5.75 Å². The highest BCUT2D eigenvalue weighted by Gasteiger charge is 2.09. The smallest absolute Gasteiger partial charge is 0.268 e. The molecule has 1 heterocycles. The van der Waals surface area contributed by atoms with E-state index < -0.39 is 0 Å². The first kappa shape index (κ1) is 17.7. The first-order valence-corrected chi connectivity index (χ1v) is 8.70. The first-order chi connectivity index (χ1) is 12.0. The van der Waals surface area contributed by atoms with E-state index in [4.69, 9.17) is 16.3 Å². The highest BCUT2D eigenvalue weighted by Crippen LogP contribution is 2.22. The van der Waals surface area contributed by atoms with Crippen LogP contribution in [0.2, 0.25) is 5.02 Å². The van der Waals surface area contributed by atoms with Gasteiger partial charge in [-0.15, -0.1) is 0 Å². The van der Waals surface area contributed by atoms with E-state index in [-0.39, 0.29) is 18.0 Å². The fourth-order valence-corrected chi connectivity index (χ4v) is 3.03. The van der Waals surface area contributed by atoms with Gasteiger partial charge in [-0.1, -0.05) is 35.9 Å². The molecule has 0 saturated carbocycles. The number of hydrogen-bond acceptors (Lipinski definition) is 2. The van der Waals surface area contributed by atoms with Gasteiger partial charge >= 0.3 is 0 Å². The third-order valence-corrected chi connectivity index (χ3v) is 4.59. The summed E-state index contributed by atoms with van der Waals surface area (Å²) in [5, 5.41) is 0.629. The number of aromatic nitrogens is 1. The Morgan fingerprint density at radius 3 is 2.56 bits per heavy atom. The third-order valence-electron chi connectivity index (χ3n) is 3.62. The van der Waals surface area contributed by atoms with E-state index in [0.717, 1.165) is 11.1 Å². The number of halogens is 3. The standard InChI is InChI=1S/C19H14BrClFNO2/c20-18-17(25-12-13-4-6-16(22)7-5-13)8-9-23(19(18)24)11-14-2-1-3-15(21)10-14/h1-10H,11-12H2. The van der Waals surface area contributed by atoms with Gasteiger partial charge in [0.15, 0.2) is 0 Å². The molecule has 0 saturated heterocycles. The number of ether oxygens (including phenoxy) is 1. The molecule has 6 heteroatoms. The summed E-state index contributed by atoms with van der Waals surface area (Å²) in [6.45, 7) is 0.660. The Morgan fingerprint density at radius 1 is 1.08 bits per heavy atom. The molecule has 3 nitrogen and oxygen atoms in total. The van der Waals surface area contributed by atoms with Gasteiger partial charge in [-0.2, -0.15) is 0 Å². The maximum atomic E-state index is 12.9. The summed E-state index contributed by atoms with van der Waals surface area (Å²) in [7, 11) is 0. The van der Waals surface area contributed by atoms with Crippen molar-refractivity contribution < 1.29 is 9.13 Å². The maximum absolute atomic E-state index is 12.9. The van der Waals surface area contributed by atoms with E-state index in [1.165, 1.54) is 12.1 Å². The lowest BCUT2D eigenvalue weighted by molar-refractivity contribution is 0.302. The van der Waals surface area contributed by atoms with Crippen molar-refractivity contribution >= 4 is 27.5 Å². The zero-order valence-electron chi connectivity index (χ0n) is 13.1. The predicted molar refractivity (Wildman–Crippen MR) is 99.7 cm³/mol. The maximum Gasteiger partial charge on any atom is 0.268 e. The molecule has 0 aliphatic carbocycles. The fraction of sp³-hybridized carbons (Fsp3) is 0.105. The molecule has 0 unspecified atom stereocenters. The minimum atomic E-state index is -0.298. The topological polar surface area (TPSA) is 31.2 Å². The van der Waals surface area contributed by atoms with Crippen molar-refractivity contribution in [3.05, 3.63) is 97.6 Å². The van der Waals surface area contributed by atoms with E-state index in [0.29, 0.717) is 21.8 Å². The molecule has 1 aromatic heterocycles. The Balaban J connectivity index is 1.75. The van der Waals surface area contributed by atoms with Gasteiger partial charge in [0.1, 0.15) is 22.6 Å². The average Bonchev–Trinajstić information content (AvgIpc) is 2.60. The molecule has 0 bridgehead atoms. The molecule has 0 radical (unpaired) electrons. The molecular formula is C19H14BrClFNO2. The Kier molecular flexibility index (Phi) is 5.56. The lowest BCUT2D eigenvalue weighted by atomic mass is 10.2. The Bertz CT molecular complexity index is 941. The molecule has 25 heavy (non-hydrogen) atoms. The second kappa shape index (κ2) is 7.85. The zero-order chi connectivity index (χ0) is 17.8. The summed E-state index contributed by atoms with van der Waals surface area (Å²) in [6, 6.07) is 15.1. The first-order valence-electron chi connectivity index (χ1n) is 7.53. The van der Waals surface area contributed by atoms with Gasteiger partial charge < -0.3 is 9.30 Å². The van der Waals surface area contributed by atoms with Crippen LogP contribution in [0.5, 0.6) is 5.75 Å². The minimum Gasteiger partial charge on any atom is -0.487 e. The average molecular weight is 423 g/mol. The second-order valence-electron chi connectivity index (χ2n) is 5.47. The fourth-order valence-electron chi connectivity index (χ4n) is 2.34.